The van der Waals surface area contributed by atoms with Crippen LogP contribution in [0.15, 0.2) is 54.6 Å². The van der Waals surface area contributed by atoms with Gasteiger partial charge in [0.15, 0.2) is 5.78 Å². The van der Waals surface area contributed by atoms with Gasteiger partial charge in [0.05, 0.1) is 5.56 Å². The van der Waals surface area contributed by atoms with Gasteiger partial charge in [-0.15, -0.1) is 0 Å². The molecule has 1 aliphatic carbocycles. The SMILES string of the molecule is O=C(Cc1ccccc1)C(=O)CC1(c2ccccc2C(F)(F)F)CCC1. The van der Waals surface area contributed by atoms with Crippen LogP contribution >= 0.6 is 0 Å². The number of benzene rings is 2. The predicted octanol–water partition coefficient (Wildman–Crippen LogP) is 4.90. The molecule has 0 heterocycles. The zero-order valence-corrected chi connectivity index (χ0v) is 14.2. The minimum atomic E-state index is -4.48. The van der Waals surface area contributed by atoms with Gasteiger partial charge in [0.2, 0.25) is 5.78 Å². The molecule has 1 saturated carbocycles. The Morgan fingerprint density at radius 1 is 0.885 bits per heavy atom. The van der Waals surface area contributed by atoms with Gasteiger partial charge in [0, 0.05) is 18.3 Å². The Hall–Kier alpha value is -2.43. The second kappa shape index (κ2) is 7.06. The number of ketones is 2. The third-order valence-electron chi connectivity index (χ3n) is 5.13. The maximum absolute atomic E-state index is 13.4. The number of rotatable bonds is 6. The van der Waals surface area contributed by atoms with Crippen molar-refractivity contribution < 1.29 is 22.8 Å². The molecule has 26 heavy (non-hydrogen) atoms. The van der Waals surface area contributed by atoms with Crippen molar-refractivity contribution in [3.63, 3.8) is 0 Å². The smallest absolute Gasteiger partial charge is 0.291 e. The fourth-order valence-electron chi connectivity index (χ4n) is 3.62. The molecule has 0 bridgehead atoms. The lowest BCUT2D eigenvalue weighted by Crippen LogP contribution is -2.40. The summed E-state index contributed by atoms with van der Waals surface area (Å²) in [6.45, 7) is 0. The Kier molecular flexibility index (Phi) is 4.99. The molecule has 0 aromatic heterocycles. The van der Waals surface area contributed by atoms with Crippen molar-refractivity contribution >= 4 is 11.6 Å². The van der Waals surface area contributed by atoms with Crippen LogP contribution in [-0.4, -0.2) is 11.6 Å². The van der Waals surface area contributed by atoms with Crippen LogP contribution in [0.25, 0.3) is 0 Å². The highest BCUT2D eigenvalue weighted by atomic mass is 19.4. The van der Waals surface area contributed by atoms with Crippen molar-refractivity contribution in [1.82, 2.24) is 0 Å². The van der Waals surface area contributed by atoms with E-state index >= 15 is 0 Å². The van der Waals surface area contributed by atoms with Gasteiger partial charge in [-0.2, -0.15) is 13.2 Å². The summed E-state index contributed by atoms with van der Waals surface area (Å²) in [7, 11) is 0. The lowest BCUT2D eigenvalue weighted by molar-refractivity contribution is -0.140. The Balaban J connectivity index is 1.81. The van der Waals surface area contributed by atoms with Crippen molar-refractivity contribution in [3.8, 4) is 0 Å². The molecule has 2 nitrogen and oxygen atoms in total. The molecule has 0 amide bonds. The van der Waals surface area contributed by atoms with E-state index in [4.69, 9.17) is 0 Å². The first-order chi connectivity index (χ1) is 12.3. The molecule has 136 valence electrons. The van der Waals surface area contributed by atoms with E-state index in [-0.39, 0.29) is 18.4 Å². The fraction of sp³-hybridized carbons (Fsp3) is 0.333. The third-order valence-corrected chi connectivity index (χ3v) is 5.13. The van der Waals surface area contributed by atoms with Gasteiger partial charge in [-0.05, 0) is 30.0 Å². The van der Waals surface area contributed by atoms with Crippen LogP contribution in [0.4, 0.5) is 13.2 Å². The molecule has 0 N–H and O–H groups in total. The summed E-state index contributed by atoms with van der Waals surface area (Å²) in [6.07, 6.45) is -2.92. The summed E-state index contributed by atoms with van der Waals surface area (Å²) >= 11 is 0. The number of halogens is 3. The van der Waals surface area contributed by atoms with Gasteiger partial charge in [0.25, 0.3) is 0 Å². The molecule has 3 rings (SSSR count). The van der Waals surface area contributed by atoms with Gasteiger partial charge in [-0.25, -0.2) is 0 Å². The summed E-state index contributed by atoms with van der Waals surface area (Å²) in [5, 5.41) is 0. The van der Waals surface area contributed by atoms with Crippen LogP contribution in [0.5, 0.6) is 0 Å². The minimum absolute atomic E-state index is 0.0172. The van der Waals surface area contributed by atoms with Crippen LogP contribution in [0.1, 0.15) is 42.4 Å². The van der Waals surface area contributed by atoms with E-state index in [2.05, 4.69) is 0 Å². The fourth-order valence-corrected chi connectivity index (χ4v) is 3.62. The number of alkyl halides is 3. The normalized spacial score (nSPS) is 16.0. The van der Waals surface area contributed by atoms with Crippen molar-refractivity contribution in [2.45, 2.75) is 43.7 Å². The quantitative estimate of drug-likeness (QED) is 0.687. The largest absolute Gasteiger partial charge is 0.416 e. The zero-order valence-electron chi connectivity index (χ0n) is 14.2. The van der Waals surface area contributed by atoms with Crippen LogP contribution in [-0.2, 0) is 27.6 Å². The Morgan fingerprint density at radius 3 is 2.08 bits per heavy atom. The number of Topliss-reactive ketones (excluding diaryl/α,β-unsaturated/α-hetero) is 2. The highest BCUT2D eigenvalue weighted by Gasteiger charge is 2.46. The first-order valence-electron chi connectivity index (χ1n) is 8.58. The van der Waals surface area contributed by atoms with E-state index < -0.39 is 28.7 Å². The molecule has 0 radical (unpaired) electrons. The molecule has 0 saturated heterocycles. The average Bonchev–Trinajstić information content (AvgIpc) is 2.58. The van der Waals surface area contributed by atoms with E-state index in [0.29, 0.717) is 12.8 Å². The standard InChI is InChI=1S/C21H19F3O2/c22-21(23,24)17-10-5-4-9-16(17)20(11-6-12-20)14-19(26)18(25)13-15-7-2-1-3-8-15/h1-5,7-10H,6,11-14H2. The van der Waals surface area contributed by atoms with Crippen molar-refractivity contribution in [3.05, 3.63) is 71.3 Å². The molecule has 2 aromatic carbocycles. The Morgan fingerprint density at radius 2 is 1.50 bits per heavy atom. The Bertz CT molecular complexity index is 806. The van der Waals surface area contributed by atoms with Crippen molar-refractivity contribution in [2.24, 2.45) is 0 Å². The molecule has 0 unspecified atom stereocenters. The molecule has 2 aromatic rings. The second-order valence-corrected chi connectivity index (χ2v) is 6.86. The molecular weight excluding hydrogens is 341 g/mol. The molecule has 0 spiro atoms. The van der Waals surface area contributed by atoms with Crippen LogP contribution < -0.4 is 0 Å². The highest BCUT2D eigenvalue weighted by molar-refractivity contribution is 6.37. The monoisotopic (exact) mass is 360 g/mol. The highest BCUT2D eigenvalue weighted by Crippen LogP contribution is 2.50. The summed E-state index contributed by atoms with van der Waals surface area (Å²) in [5.41, 5.74) is -0.720. The maximum Gasteiger partial charge on any atom is 0.416 e. The first kappa shape index (κ1) is 18.4. The van der Waals surface area contributed by atoms with E-state index in [1.54, 1.807) is 30.3 Å². The number of hydrogen-bond acceptors (Lipinski definition) is 2. The van der Waals surface area contributed by atoms with E-state index in [1.807, 2.05) is 6.07 Å². The Labute approximate surface area is 150 Å². The maximum atomic E-state index is 13.4. The van der Waals surface area contributed by atoms with E-state index in [0.717, 1.165) is 18.1 Å². The number of carbonyl (C=O) groups is 2. The first-order valence-corrected chi connectivity index (χ1v) is 8.58. The summed E-state index contributed by atoms with van der Waals surface area (Å²) < 4.78 is 40.1. The zero-order chi connectivity index (χ0) is 18.8. The summed E-state index contributed by atoms with van der Waals surface area (Å²) in [5.74, 6) is -1.14. The topological polar surface area (TPSA) is 34.1 Å². The van der Waals surface area contributed by atoms with Crippen molar-refractivity contribution in [2.75, 3.05) is 0 Å². The summed E-state index contributed by atoms with van der Waals surface area (Å²) in [6, 6.07) is 14.3. The van der Waals surface area contributed by atoms with Gasteiger partial charge in [-0.3, -0.25) is 9.59 Å². The lowest BCUT2D eigenvalue weighted by atomic mass is 9.60. The van der Waals surface area contributed by atoms with E-state index in [9.17, 15) is 22.8 Å². The van der Waals surface area contributed by atoms with Crippen LogP contribution in [0.3, 0.4) is 0 Å². The molecule has 5 heteroatoms. The van der Waals surface area contributed by atoms with Crippen LogP contribution in [0.2, 0.25) is 0 Å². The molecular formula is C21H19F3O2. The molecule has 0 atom stereocenters. The molecule has 1 aliphatic rings. The number of carbonyl (C=O) groups excluding carboxylic acids is 2. The van der Waals surface area contributed by atoms with E-state index in [1.165, 1.54) is 12.1 Å². The van der Waals surface area contributed by atoms with Gasteiger partial charge in [0.1, 0.15) is 0 Å². The molecule has 1 fully saturated rings. The second-order valence-electron chi connectivity index (χ2n) is 6.86. The lowest BCUT2D eigenvalue weighted by Gasteiger charge is -2.43. The van der Waals surface area contributed by atoms with Gasteiger partial charge < -0.3 is 0 Å². The minimum Gasteiger partial charge on any atom is -0.291 e. The molecule has 0 aliphatic heterocycles. The summed E-state index contributed by atoms with van der Waals surface area (Å²) in [4.78, 5) is 24.7. The predicted molar refractivity (Wildman–Crippen MR) is 91.8 cm³/mol. The van der Waals surface area contributed by atoms with Gasteiger partial charge in [-0.1, -0.05) is 55.0 Å². The average molecular weight is 360 g/mol. The number of hydrogen-bond donors (Lipinski definition) is 0. The van der Waals surface area contributed by atoms with Crippen LogP contribution in [0, 0.1) is 0 Å². The van der Waals surface area contributed by atoms with Crippen molar-refractivity contribution in [1.29, 1.82) is 0 Å². The third kappa shape index (κ3) is 3.71. The van der Waals surface area contributed by atoms with Gasteiger partial charge >= 0.3 is 6.18 Å².